The molecule has 4 aromatic rings. The number of fused-ring (bicyclic) bond motifs is 1. The van der Waals surface area contributed by atoms with Crippen LogP contribution in [0.3, 0.4) is 0 Å². The quantitative estimate of drug-likeness (QED) is 0.405. The number of nitrogens with zero attached hydrogens (tertiary/aromatic N) is 4. The second-order valence-corrected chi connectivity index (χ2v) is 8.31. The first-order chi connectivity index (χ1) is 16.0. The number of hydrogen-bond donors (Lipinski definition) is 1. The maximum Gasteiger partial charge on any atom is 0.170 e. The number of Topliss-reactive ketones (excluding diaryl/α,β-unsaturated/α-hetero) is 1. The van der Waals surface area contributed by atoms with Crippen molar-refractivity contribution < 1.29 is 13.6 Å². The molecule has 5 rings (SSSR count). The smallest absolute Gasteiger partial charge is 0.170 e. The van der Waals surface area contributed by atoms with E-state index in [0.717, 1.165) is 17.4 Å². The molecule has 8 heteroatoms. The number of aromatic nitrogens is 4. The number of carbonyl (C=O) groups is 1. The van der Waals surface area contributed by atoms with Gasteiger partial charge in [-0.1, -0.05) is 12.1 Å². The van der Waals surface area contributed by atoms with E-state index in [0.29, 0.717) is 41.3 Å². The maximum absolute atomic E-state index is 14.3. The number of halogens is 2. The van der Waals surface area contributed by atoms with Crippen molar-refractivity contribution in [3.63, 3.8) is 0 Å². The van der Waals surface area contributed by atoms with Gasteiger partial charge in [-0.2, -0.15) is 0 Å². The minimum atomic E-state index is -1.15. The van der Waals surface area contributed by atoms with E-state index in [4.69, 9.17) is 0 Å². The minimum Gasteiger partial charge on any atom is -0.366 e. The summed E-state index contributed by atoms with van der Waals surface area (Å²) in [4.78, 5) is 30.1. The van der Waals surface area contributed by atoms with E-state index in [2.05, 4.69) is 25.3 Å². The van der Waals surface area contributed by atoms with Crippen LogP contribution in [0.2, 0.25) is 0 Å². The van der Waals surface area contributed by atoms with E-state index < -0.39 is 11.5 Å². The SMILES string of the molecule is O=C(Cc1ncc2ccc(-c3cncc(NCC4(F)CCC4)n3)cc2n1)c1ccc(F)cc1. The number of alkyl halides is 1. The van der Waals surface area contributed by atoms with Crippen molar-refractivity contribution in [2.24, 2.45) is 0 Å². The molecule has 0 radical (unpaired) electrons. The second kappa shape index (κ2) is 8.61. The van der Waals surface area contributed by atoms with Crippen molar-refractivity contribution >= 4 is 22.5 Å². The molecule has 1 aliphatic rings. The van der Waals surface area contributed by atoms with Crippen LogP contribution < -0.4 is 5.32 Å². The molecule has 166 valence electrons. The van der Waals surface area contributed by atoms with Crippen molar-refractivity contribution in [2.75, 3.05) is 11.9 Å². The van der Waals surface area contributed by atoms with E-state index in [1.165, 1.54) is 24.3 Å². The molecule has 2 aromatic heterocycles. The van der Waals surface area contributed by atoms with Gasteiger partial charge < -0.3 is 5.32 Å². The third-order valence-corrected chi connectivity index (χ3v) is 5.88. The monoisotopic (exact) mass is 445 g/mol. The van der Waals surface area contributed by atoms with Crippen LogP contribution in [0.15, 0.2) is 61.1 Å². The van der Waals surface area contributed by atoms with Crippen LogP contribution in [0.4, 0.5) is 14.6 Å². The summed E-state index contributed by atoms with van der Waals surface area (Å²) in [6, 6.07) is 11.0. The Balaban J connectivity index is 1.36. The van der Waals surface area contributed by atoms with E-state index >= 15 is 0 Å². The van der Waals surface area contributed by atoms with Gasteiger partial charge in [-0.15, -0.1) is 0 Å². The molecule has 1 fully saturated rings. The molecule has 0 spiro atoms. The first-order valence-corrected chi connectivity index (χ1v) is 10.8. The number of anilines is 1. The molecule has 0 saturated heterocycles. The standard InChI is InChI=1S/C25H21F2N5O/c26-19-6-4-16(5-7-19)22(33)11-23-29-12-18-3-2-17(10-20(18)31-23)21-13-28-14-24(32-21)30-15-25(27)8-1-9-25/h2-7,10,12-14H,1,8-9,11,15H2,(H,30,32). The highest BCUT2D eigenvalue weighted by atomic mass is 19.1. The Labute approximate surface area is 189 Å². The van der Waals surface area contributed by atoms with Gasteiger partial charge >= 0.3 is 0 Å². The third-order valence-electron chi connectivity index (χ3n) is 5.88. The Morgan fingerprint density at radius 2 is 1.85 bits per heavy atom. The molecule has 0 aliphatic heterocycles. The maximum atomic E-state index is 14.3. The summed E-state index contributed by atoms with van der Waals surface area (Å²) in [7, 11) is 0. The average molecular weight is 445 g/mol. The Morgan fingerprint density at radius 3 is 2.61 bits per heavy atom. The lowest BCUT2D eigenvalue weighted by Gasteiger charge is -2.33. The number of benzene rings is 2. The van der Waals surface area contributed by atoms with Gasteiger partial charge in [0, 0.05) is 22.7 Å². The van der Waals surface area contributed by atoms with Gasteiger partial charge in [0.2, 0.25) is 0 Å². The molecule has 1 saturated carbocycles. The lowest BCUT2D eigenvalue weighted by Crippen LogP contribution is -2.39. The fraction of sp³-hybridized carbons (Fsp3) is 0.240. The van der Waals surface area contributed by atoms with E-state index in [1.807, 2.05) is 18.2 Å². The Morgan fingerprint density at radius 1 is 1.03 bits per heavy atom. The van der Waals surface area contributed by atoms with E-state index in [1.54, 1.807) is 18.6 Å². The van der Waals surface area contributed by atoms with Gasteiger partial charge in [0.1, 0.15) is 23.1 Å². The number of hydrogen-bond acceptors (Lipinski definition) is 6. The van der Waals surface area contributed by atoms with Crippen LogP contribution >= 0.6 is 0 Å². The predicted molar refractivity (Wildman–Crippen MR) is 121 cm³/mol. The van der Waals surface area contributed by atoms with Crippen molar-refractivity contribution in [1.29, 1.82) is 0 Å². The molecule has 2 heterocycles. The molecule has 1 aliphatic carbocycles. The topological polar surface area (TPSA) is 80.7 Å². The first kappa shape index (κ1) is 21.1. The van der Waals surface area contributed by atoms with Gasteiger partial charge in [0.25, 0.3) is 0 Å². The zero-order valence-corrected chi connectivity index (χ0v) is 17.8. The van der Waals surface area contributed by atoms with Gasteiger partial charge in [-0.3, -0.25) is 9.78 Å². The van der Waals surface area contributed by atoms with Gasteiger partial charge in [-0.05, 0) is 49.6 Å². The normalized spacial score (nSPS) is 14.6. The van der Waals surface area contributed by atoms with Crippen LogP contribution in [0.1, 0.15) is 35.4 Å². The highest BCUT2D eigenvalue weighted by Crippen LogP contribution is 2.35. The van der Waals surface area contributed by atoms with Crippen LogP contribution in [0.5, 0.6) is 0 Å². The van der Waals surface area contributed by atoms with Crippen LogP contribution in [-0.2, 0) is 6.42 Å². The number of nitrogens with one attached hydrogen (secondary N) is 1. The largest absolute Gasteiger partial charge is 0.366 e. The first-order valence-electron chi connectivity index (χ1n) is 10.8. The summed E-state index contributed by atoms with van der Waals surface area (Å²) in [6.07, 6.45) is 6.96. The van der Waals surface area contributed by atoms with Crippen molar-refractivity contribution in [3.8, 4) is 11.3 Å². The molecule has 33 heavy (non-hydrogen) atoms. The third kappa shape index (κ3) is 4.69. The molecule has 1 N–H and O–H groups in total. The van der Waals surface area contributed by atoms with Gasteiger partial charge in [0.15, 0.2) is 5.78 Å². The second-order valence-electron chi connectivity index (χ2n) is 8.31. The summed E-state index contributed by atoms with van der Waals surface area (Å²) in [5.74, 6) is 0.317. The molecule has 0 bridgehead atoms. The predicted octanol–water partition coefficient (Wildman–Crippen LogP) is 4.96. The van der Waals surface area contributed by atoms with Gasteiger partial charge in [-0.25, -0.2) is 23.7 Å². The van der Waals surface area contributed by atoms with Crippen LogP contribution in [0, 0.1) is 5.82 Å². The number of carbonyl (C=O) groups excluding carboxylic acids is 1. The molecule has 0 unspecified atom stereocenters. The van der Waals surface area contributed by atoms with Crippen LogP contribution in [0.25, 0.3) is 22.2 Å². The summed E-state index contributed by atoms with van der Waals surface area (Å²) in [6.45, 7) is 0.224. The van der Waals surface area contributed by atoms with Crippen molar-refractivity contribution in [1.82, 2.24) is 19.9 Å². The average Bonchev–Trinajstić information content (AvgIpc) is 2.81. The molecule has 0 amide bonds. The molecule has 0 atom stereocenters. The van der Waals surface area contributed by atoms with E-state index in [-0.39, 0.29) is 18.7 Å². The summed E-state index contributed by atoms with van der Waals surface area (Å²) in [5, 5.41) is 3.87. The fourth-order valence-corrected chi connectivity index (χ4v) is 3.76. The van der Waals surface area contributed by atoms with Crippen molar-refractivity contribution in [2.45, 2.75) is 31.4 Å². The Kier molecular flexibility index (Phi) is 5.50. The Hall–Kier alpha value is -3.81. The lowest BCUT2D eigenvalue weighted by atomic mass is 9.82. The zero-order chi connectivity index (χ0) is 22.8. The van der Waals surface area contributed by atoms with E-state index in [9.17, 15) is 13.6 Å². The number of ketones is 1. The summed E-state index contributed by atoms with van der Waals surface area (Å²) >= 11 is 0. The fourth-order valence-electron chi connectivity index (χ4n) is 3.76. The van der Waals surface area contributed by atoms with Gasteiger partial charge in [0.05, 0.1) is 36.6 Å². The minimum absolute atomic E-state index is 0.00991. The van der Waals surface area contributed by atoms with Crippen LogP contribution in [-0.4, -0.2) is 37.9 Å². The summed E-state index contributed by atoms with van der Waals surface area (Å²) in [5.41, 5.74) is 1.35. The Bertz CT molecular complexity index is 1320. The molecule has 2 aromatic carbocycles. The molecular weight excluding hydrogens is 424 g/mol. The number of rotatable bonds is 7. The lowest BCUT2D eigenvalue weighted by molar-refractivity contribution is 0.0783. The molecular formula is C25H21F2N5O. The summed E-state index contributed by atoms with van der Waals surface area (Å²) < 4.78 is 27.4. The zero-order valence-electron chi connectivity index (χ0n) is 17.8. The van der Waals surface area contributed by atoms with Crippen molar-refractivity contribution in [3.05, 3.63) is 78.3 Å². The highest BCUT2D eigenvalue weighted by molar-refractivity contribution is 5.97. The molecule has 6 nitrogen and oxygen atoms in total. The highest BCUT2D eigenvalue weighted by Gasteiger charge is 2.36.